The van der Waals surface area contributed by atoms with Gasteiger partial charge in [0.25, 0.3) is 5.91 Å². The highest BCUT2D eigenvalue weighted by molar-refractivity contribution is 6.30. The first-order valence-electron chi connectivity index (χ1n) is 12.3. The predicted octanol–water partition coefficient (Wildman–Crippen LogP) is 4.86. The van der Waals surface area contributed by atoms with Crippen molar-refractivity contribution < 1.29 is 4.79 Å². The molecule has 7 heteroatoms. The van der Waals surface area contributed by atoms with Crippen molar-refractivity contribution in [3.05, 3.63) is 87.7 Å². The highest BCUT2D eigenvalue weighted by atomic mass is 35.5. The second-order valence-electron chi connectivity index (χ2n) is 9.42. The zero-order chi connectivity index (χ0) is 24.8. The lowest BCUT2D eigenvalue weighted by molar-refractivity contribution is 0.0949. The summed E-state index contributed by atoms with van der Waals surface area (Å²) in [6.45, 7) is 4.37. The van der Waals surface area contributed by atoms with E-state index in [-0.39, 0.29) is 11.9 Å². The summed E-state index contributed by atoms with van der Waals surface area (Å²) in [6, 6.07) is 16.6. The Hall–Kier alpha value is -2.96. The van der Waals surface area contributed by atoms with Crippen LogP contribution in [0.15, 0.2) is 54.7 Å². The van der Waals surface area contributed by atoms with Crippen LogP contribution in [-0.2, 0) is 12.8 Å². The highest BCUT2D eigenvalue weighted by Crippen LogP contribution is 2.35. The average molecular weight is 492 g/mol. The zero-order valence-corrected chi connectivity index (χ0v) is 21.6. The topological polar surface area (TPSA) is 61.4 Å². The van der Waals surface area contributed by atoms with Crippen molar-refractivity contribution in [2.75, 3.05) is 38.6 Å². The minimum absolute atomic E-state index is 0.117. The summed E-state index contributed by atoms with van der Waals surface area (Å²) in [5.74, 6) is 0.570. The van der Waals surface area contributed by atoms with E-state index in [0.29, 0.717) is 24.5 Å². The molecule has 0 saturated carbocycles. The number of carbonyl (C=O) groups is 1. The summed E-state index contributed by atoms with van der Waals surface area (Å²) < 4.78 is 0. The van der Waals surface area contributed by atoms with E-state index >= 15 is 0 Å². The Bertz CT molecular complexity index is 1150. The standard InChI is InChI=1S/C28H34ClN5O/c1-20-7-4-5-8-21(20)12-15-25-24(27(35)30-16-18-33(2)3)19-31-28(32-25)34-17-6-9-26(34)22-10-13-23(29)14-11-22/h4-5,7-8,10-11,13-14,19,26H,6,9,12,15-18H2,1-3H3,(H,30,35)/t26-/m1/s1. The molecule has 3 aromatic rings. The lowest BCUT2D eigenvalue weighted by Gasteiger charge is -2.26. The van der Waals surface area contributed by atoms with E-state index in [1.165, 1.54) is 16.7 Å². The van der Waals surface area contributed by atoms with Crippen molar-refractivity contribution in [1.29, 1.82) is 0 Å². The fourth-order valence-electron chi connectivity index (χ4n) is 4.59. The van der Waals surface area contributed by atoms with Crippen LogP contribution in [0, 0.1) is 6.92 Å². The molecule has 0 radical (unpaired) electrons. The summed E-state index contributed by atoms with van der Waals surface area (Å²) >= 11 is 6.11. The van der Waals surface area contributed by atoms with Crippen LogP contribution in [0.3, 0.4) is 0 Å². The van der Waals surface area contributed by atoms with Crippen molar-refractivity contribution in [2.45, 2.75) is 38.6 Å². The molecular weight excluding hydrogens is 458 g/mol. The van der Waals surface area contributed by atoms with Crippen LogP contribution in [-0.4, -0.2) is 54.5 Å². The summed E-state index contributed by atoms with van der Waals surface area (Å²) in [7, 11) is 3.98. The molecule has 0 unspecified atom stereocenters. The summed E-state index contributed by atoms with van der Waals surface area (Å²) in [4.78, 5) is 27.0. The fourth-order valence-corrected chi connectivity index (χ4v) is 4.72. The van der Waals surface area contributed by atoms with Crippen LogP contribution in [0.1, 0.15) is 51.6 Å². The van der Waals surface area contributed by atoms with Gasteiger partial charge in [-0.1, -0.05) is 48.0 Å². The van der Waals surface area contributed by atoms with E-state index in [4.69, 9.17) is 16.6 Å². The van der Waals surface area contributed by atoms with Gasteiger partial charge in [0.1, 0.15) is 0 Å². The van der Waals surface area contributed by atoms with Gasteiger partial charge < -0.3 is 15.1 Å². The SMILES string of the molecule is Cc1ccccc1CCc1nc(N2CCC[C@@H]2c2ccc(Cl)cc2)ncc1C(=O)NCCN(C)C. The molecule has 2 aromatic carbocycles. The molecule has 35 heavy (non-hydrogen) atoms. The molecule has 2 heterocycles. The third kappa shape index (κ3) is 6.38. The number of nitrogens with zero attached hydrogens (tertiary/aromatic N) is 4. The second kappa shape index (κ2) is 11.6. The molecule has 4 rings (SSSR count). The maximum absolute atomic E-state index is 13.0. The number of nitrogens with one attached hydrogen (secondary N) is 1. The normalized spacial score (nSPS) is 15.6. The molecule has 1 saturated heterocycles. The van der Waals surface area contributed by atoms with Crippen LogP contribution in [0.4, 0.5) is 5.95 Å². The van der Waals surface area contributed by atoms with Crippen LogP contribution in [0.5, 0.6) is 0 Å². The summed E-state index contributed by atoms with van der Waals surface area (Å²) in [5.41, 5.74) is 5.08. The van der Waals surface area contributed by atoms with E-state index in [0.717, 1.165) is 43.1 Å². The van der Waals surface area contributed by atoms with Gasteiger partial charge >= 0.3 is 0 Å². The predicted molar refractivity (Wildman–Crippen MR) is 142 cm³/mol. The van der Waals surface area contributed by atoms with Gasteiger partial charge in [-0.05, 0) is 75.5 Å². The van der Waals surface area contributed by atoms with E-state index in [1.807, 2.05) is 31.1 Å². The molecule has 1 fully saturated rings. The summed E-state index contributed by atoms with van der Waals surface area (Å²) in [5, 5.41) is 3.76. The molecule has 0 spiro atoms. The van der Waals surface area contributed by atoms with E-state index in [9.17, 15) is 4.79 Å². The molecule has 1 aliphatic heterocycles. The minimum Gasteiger partial charge on any atom is -0.351 e. The Balaban J connectivity index is 1.60. The van der Waals surface area contributed by atoms with Gasteiger partial charge in [-0.25, -0.2) is 9.97 Å². The number of benzene rings is 2. The van der Waals surface area contributed by atoms with Crippen LogP contribution in [0.25, 0.3) is 0 Å². The number of aromatic nitrogens is 2. The number of carbonyl (C=O) groups excluding carboxylic acids is 1. The van der Waals surface area contributed by atoms with Crippen molar-refractivity contribution in [1.82, 2.24) is 20.2 Å². The number of likely N-dealkylation sites (N-methyl/N-ethyl adjacent to an activating group) is 1. The molecule has 0 bridgehead atoms. The Kier molecular flexibility index (Phi) is 8.37. The van der Waals surface area contributed by atoms with Crippen molar-refractivity contribution >= 4 is 23.5 Å². The van der Waals surface area contributed by atoms with Crippen molar-refractivity contribution in [2.24, 2.45) is 0 Å². The highest BCUT2D eigenvalue weighted by Gasteiger charge is 2.29. The average Bonchev–Trinajstić information content (AvgIpc) is 3.33. The number of aryl methyl sites for hydroxylation is 3. The quantitative estimate of drug-likeness (QED) is 0.463. The van der Waals surface area contributed by atoms with E-state index in [2.05, 4.69) is 58.5 Å². The number of hydrogen-bond donors (Lipinski definition) is 1. The lowest BCUT2D eigenvalue weighted by Crippen LogP contribution is -2.32. The first-order valence-corrected chi connectivity index (χ1v) is 12.7. The van der Waals surface area contributed by atoms with Gasteiger partial charge in [-0.15, -0.1) is 0 Å². The number of hydrogen-bond acceptors (Lipinski definition) is 5. The fraction of sp³-hybridized carbons (Fsp3) is 0.393. The van der Waals surface area contributed by atoms with Gasteiger partial charge in [0.15, 0.2) is 0 Å². The molecule has 1 aliphatic rings. The lowest BCUT2D eigenvalue weighted by atomic mass is 10.0. The largest absolute Gasteiger partial charge is 0.351 e. The number of rotatable bonds is 9. The van der Waals surface area contributed by atoms with Crippen LogP contribution in [0.2, 0.25) is 5.02 Å². The van der Waals surface area contributed by atoms with E-state index < -0.39 is 0 Å². The van der Waals surface area contributed by atoms with Gasteiger partial charge in [0, 0.05) is 30.9 Å². The Morgan fingerprint density at radius 1 is 1.14 bits per heavy atom. The number of halogens is 1. The Labute approximate surface area is 213 Å². The monoisotopic (exact) mass is 491 g/mol. The van der Waals surface area contributed by atoms with E-state index in [1.54, 1.807) is 6.20 Å². The van der Waals surface area contributed by atoms with Gasteiger partial charge in [-0.2, -0.15) is 0 Å². The van der Waals surface area contributed by atoms with Crippen LogP contribution >= 0.6 is 11.6 Å². The van der Waals surface area contributed by atoms with Crippen molar-refractivity contribution in [3.63, 3.8) is 0 Å². The molecule has 1 atom stereocenters. The van der Waals surface area contributed by atoms with Gasteiger partial charge in [-0.3, -0.25) is 4.79 Å². The minimum atomic E-state index is -0.117. The molecule has 1 N–H and O–H groups in total. The zero-order valence-electron chi connectivity index (χ0n) is 20.8. The molecule has 6 nitrogen and oxygen atoms in total. The third-order valence-electron chi connectivity index (χ3n) is 6.60. The Morgan fingerprint density at radius 3 is 2.66 bits per heavy atom. The third-order valence-corrected chi connectivity index (χ3v) is 6.85. The number of amides is 1. The molecular formula is C28H34ClN5O. The van der Waals surface area contributed by atoms with Gasteiger partial charge in [0.2, 0.25) is 5.95 Å². The molecule has 184 valence electrons. The van der Waals surface area contributed by atoms with Crippen LogP contribution < -0.4 is 10.2 Å². The summed E-state index contributed by atoms with van der Waals surface area (Å²) in [6.07, 6.45) is 5.31. The molecule has 0 aliphatic carbocycles. The first kappa shape index (κ1) is 25.1. The maximum Gasteiger partial charge on any atom is 0.254 e. The second-order valence-corrected chi connectivity index (χ2v) is 9.86. The van der Waals surface area contributed by atoms with Crippen molar-refractivity contribution in [3.8, 4) is 0 Å². The smallest absolute Gasteiger partial charge is 0.254 e. The Morgan fingerprint density at radius 2 is 1.91 bits per heavy atom. The van der Waals surface area contributed by atoms with Gasteiger partial charge in [0.05, 0.1) is 17.3 Å². The first-order chi connectivity index (χ1) is 16.9. The maximum atomic E-state index is 13.0. The number of anilines is 1. The molecule has 1 aromatic heterocycles. The molecule has 1 amide bonds.